The van der Waals surface area contributed by atoms with E-state index in [1.165, 1.54) is 0 Å². The molecule has 0 unspecified atom stereocenters. The van der Waals surface area contributed by atoms with Gasteiger partial charge in [-0.05, 0) is 19.9 Å². The number of esters is 1. The molecule has 1 aromatic heterocycles. The van der Waals surface area contributed by atoms with Crippen LogP contribution in [0.4, 0.5) is 0 Å². The van der Waals surface area contributed by atoms with Gasteiger partial charge in [0.1, 0.15) is 0 Å². The fraction of sp³-hybridized carbons (Fsp3) is 0.375. The van der Waals surface area contributed by atoms with Gasteiger partial charge < -0.3 is 4.74 Å². The minimum Gasteiger partial charge on any atom is -0.462 e. The summed E-state index contributed by atoms with van der Waals surface area (Å²) in [6.45, 7) is 4.21. The topological polar surface area (TPSA) is 26.3 Å². The molecule has 0 saturated heterocycles. The summed E-state index contributed by atoms with van der Waals surface area (Å²) in [5.41, 5.74) is 0.661. The zero-order chi connectivity index (χ0) is 8.27. The van der Waals surface area contributed by atoms with Crippen LogP contribution in [0.25, 0.3) is 0 Å². The van der Waals surface area contributed by atoms with Gasteiger partial charge >= 0.3 is 5.97 Å². The average molecular weight is 170 g/mol. The summed E-state index contributed by atoms with van der Waals surface area (Å²) in [4.78, 5) is 12.2. The predicted molar refractivity (Wildman–Crippen MR) is 45.0 cm³/mol. The third-order valence-electron chi connectivity index (χ3n) is 1.24. The van der Waals surface area contributed by atoms with E-state index < -0.39 is 0 Å². The van der Waals surface area contributed by atoms with E-state index >= 15 is 0 Å². The number of hydrogen-bond donors (Lipinski definition) is 0. The van der Waals surface area contributed by atoms with Crippen LogP contribution in [0.1, 0.15) is 22.2 Å². The summed E-state index contributed by atoms with van der Waals surface area (Å²) < 4.78 is 4.81. The average Bonchev–Trinajstić information content (AvgIpc) is 2.36. The molecular weight excluding hydrogens is 160 g/mol. The minimum atomic E-state index is -0.225. The molecule has 0 spiro atoms. The van der Waals surface area contributed by atoms with Gasteiger partial charge in [-0.15, -0.1) is 11.3 Å². The lowest BCUT2D eigenvalue weighted by Gasteiger charge is -1.96. The van der Waals surface area contributed by atoms with Gasteiger partial charge in [0, 0.05) is 10.3 Å². The van der Waals surface area contributed by atoms with E-state index in [1.807, 2.05) is 18.4 Å². The van der Waals surface area contributed by atoms with Crippen LogP contribution in [0, 0.1) is 6.92 Å². The summed E-state index contributed by atoms with van der Waals surface area (Å²) in [5, 5.41) is 1.81. The molecule has 3 heteroatoms. The van der Waals surface area contributed by atoms with E-state index in [0.29, 0.717) is 12.2 Å². The number of carbonyl (C=O) groups is 1. The number of rotatable bonds is 2. The van der Waals surface area contributed by atoms with Crippen molar-refractivity contribution in [3.05, 3.63) is 21.9 Å². The molecule has 1 heterocycles. The van der Waals surface area contributed by atoms with Gasteiger partial charge in [-0.2, -0.15) is 0 Å². The lowest BCUT2D eigenvalue weighted by Crippen LogP contribution is -2.02. The van der Waals surface area contributed by atoms with Crippen LogP contribution in [0.3, 0.4) is 0 Å². The van der Waals surface area contributed by atoms with E-state index in [1.54, 1.807) is 18.3 Å². The van der Waals surface area contributed by atoms with E-state index in [4.69, 9.17) is 4.74 Å². The quantitative estimate of drug-likeness (QED) is 0.636. The second-order valence-electron chi connectivity index (χ2n) is 2.17. The zero-order valence-electron chi connectivity index (χ0n) is 6.59. The third kappa shape index (κ3) is 2.05. The first-order valence-electron chi connectivity index (χ1n) is 3.46. The van der Waals surface area contributed by atoms with Crippen LogP contribution in [0.5, 0.6) is 0 Å². The molecular formula is C8H10O2S. The molecule has 0 radical (unpaired) electrons. The van der Waals surface area contributed by atoms with Gasteiger partial charge in [0.15, 0.2) is 0 Å². The molecule has 0 amide bonds. The number of ether oxygens (including phenoxy) is 1. The highest BCUT2D eigenvalue weighted by Gasteiger charge is 2.06. The maximum Gasteiger partial charge on any atom is 0.338 e. The normalized spacial score (nSPS) is 9.64. The van der Waals surface area contributed by atoms with Crippen LogP contribution in [0.2, 0.25) is 0 Å². The summed E-state index contributed by atoms with van der Waals surface area (Å²) in [6.07, 6.45) is 0. The lowest BCUT2D eigenvalue weighted by molar-refractivity contribution is 0.0527. The highest BCUT2D eigenvalue weighted by molar-refractivity contribution is 7.10. The van der Waals surface area contributed by atoms with Crippen molar-refractivity contribution < 1.29 is 9.53 Å². The lowest BCUT2D eigenvalue weighted by atomic mass is 10.3. The minimum absolute atomic E-state index is 0.225. The molecule has 0 aliphatic carbocycles. The van der Waals surface area contributed by atoms with Crippen molar-refractivity contribution in [2.24, 2.45) is 0 Å². The first-order valence-corrected chi connectivity index (χ1v) is 4.34. The van der Waals surface area contributed by atoms with Crippen molar-refractivity contribution in [1.82, 2.24) is 0 Å². The molecule has 0 aliphatic heterocycles. The van der Waals surface area contributed by atoms with Crippen molar-refractivity contribution in [1.29, 1.82) is 0 Å². The Kier molecular flexibility index (Phi) is 2.65. The second kappa shape index (κ2) is 3.53. The van der Waals surface area contributed by atoms with Crippen molar-refractivity contribution in [3.63, 3.8) is 0 Å². The van der Waals surface area contributed by atoms with Crippen LogP contribution >= 0.6 is 11.3 Å². The van der Waals surface area contributed by atoms with Gasteiger partial charge in [-0.1, -0.05) is 0 Å². The monoisotopic (exact) mass is 170 g/mol. The molecule has 11 heavy (non-hydrogen) atoms. The highest BCUT2D eigenvalue weighted by atomic mass is 32.1. The first kappa shape index (κ1) is 8.27. The smallest absolute Gasteiger partial charge is 0.338 e. The summed E-state index contributed by atoms with van der Waals surface area (Å²) in [7, 11) is 0. The predicted octanol–water partition coefficient (Wildman–Crippen LogP) is 2.23. The molecule has 0 aliphatic rings. The van der Waals surface area contributed by atoms with Crippen LogP contribution in [-0.2, 0) is 4.74 Å². The molecule has 2 nitrogen and oxygen atoms in total. The van der Waals surface area contributed by atoms with Crippen LogP contribution in [-0.4, -0.2) is 12.6 Å². The molecule has 0 saturated carbocycles. The SMILES string of the molecule is CCOC(=O)c1csc(C)c1. The van der Waals surface area contributed by atoms with E-state index in [0.717, 1.165) is 4.88 Å². The van der Waals surface area contributed by atoms with E-state index in [9.17, 15) is 4.79 Å². The third-order valence-corrected chi connectivity index (χ3v) is 2.10. The Morgan fingerprint density at radius 1 is 1.73 bits per heavy atom. The van der Waals surface area contributed by atoms with Crippen molar-refractivity contribution in [3.8, 4) is 0 Å². The molecule has 1 aromatic rings. The Morgan fingerprint density at radius 2 is 2.45 bits per heavy atom. The highest BCUT2D eigenvalue weighted by Crippen LogP contribution is 2.13. The molecule has 0 N–H and O–H groups in total. The molecule has 60 valence electrons. The zero-order valence-corrected chi connectivity index (χ0v) is 7.40. The first-order chi connectivity index (χ1) is 5.24. The van der Waals surface area contributed by atoms with Gasteiger partial charge in [-0.3, -0.25) is 0 Å². The molecule has 0 bridgehead atoms. The van der Waals surface area contributed by atoms with Gasteiger partial charge in [0.05, 0.1) is 12.2 Å². The molecule has 1 rings (SSSR count). The van der Waals surface area contributed by atoms with Crippen LogP contribution in [0.15, 0.2) is 11.4 Å². The van der Waals surface area contributed by atoms with Crippen molar-refractivity contribution >= 4 is 17.3 Å². The molecule has 0 aromatic carbocycles. The fourth-order valence-electron chi connectivity index (χ4n) is 0.765. The standard InChI is InChI=1S/C8H10O2S/c1-3-10-8(9)7-4-6(2)11-5-7/h4-5H,3H2,1-2H3. The molecule has 0 fully saturated rings. The van der Waals surface area contributed by atoms with E-state index in [2.05, 4.69) is 0 Å². The number of aryl methyl sites for hydroxylation is 1. The van der Waals surface area contributed by atoms with Gasteiger partial charge in [-0.25, -0.2) is 4.79 Å². The summed E-state index contributed by atoms with van der Waals surface area (Å²) in [6, 6.07) is 1.84. The largest absolute Gasteiger partial charge is 0.462 e. The molecule has 0 atom stereocenters. The Bertz CT molecular complexity index is 252. The maximum atomic E-state index is 11.0. The number of hydrogen-bond acceptors (Lipinski definition) is 3. The fourth-order valence-corrected chi connectivity index (χ4v) is 1.44. The summed E-state index contributed by atoms with van der Waals surface area (Å²) >= 11 is 1.56. The number of carbonyl (C=O) groups excluding carboxylic acids is 1. The van der Waals surface area contributed by atoms with E-state index in [-0.39, 0.29) is 5.97 Å². The Balaban J connectivity index is 2.69. The number of thiophene rings is 1. The van der Waals surface area contributed by atoms with Gasteiger partial charge in [0.2, 0.25) is 0 Å². The Labute approximate surface area is 69.8 Å². The van der Waals surface area contributed by atoms with Crippen molar-refractivity contribution in [2.45, 2.75) is 13.8 Å². The maximum absolute atomic E-state index is 11.0. The Morgan fingerprint density at radius 3 is 2.91 bits per heavy atom. The van der Waals surface area contributed by atoms with Crippen LogP contribution < -0.4 is 0 Å². The summed E-state index contributed by atoms with van der Waals surface area (Å²) in [5.74, 6) is -0.225. The Hall–Kier alpha value is -0.830. The van der Waals surface area contributed by atoms with Gasteiger partial charge in [0.25, 0.3) is 0 Å². The van der Waals surface area contributed by atoms with Crippen molar-refractivity contribution in [2.75, 3.05) is 6.61 Å². The second-order valence-corrected chi connectivity index (χ2v) is 3.28.